The fraction of sp³-hybridized carbons (Fsp3) is 0.296. The van der Waals surface area contributed by atoms with Crippen molar-refractivity contribution in [3.8, 4) is 29.4 Å². The summed E-state index contributed by atoms with van der Waals surface area (Å²) in [5.74, 6) is 2.24. The quantitative estimate of drug-likeness (QED) is 0.417. The zero-order valence-electron chi connectivity index (χ0n) is 19.0. The van der Waals surface area contributed by atoms with E-state index in [0.717, 1.165) is 19.3 Å². The van der Waals surface area contributed by atoms with E-state index in [1.54, 1.807) is 19.2 Å². The highest BCUT2D eigenvalue weighted by Crippen LogP contribution is 2.47. The highest BCUT2D eigenvalue weighted by Gasteiger charge is 2.55. The molecule has 3 heterocycles. The van der Waals surface area contributed by atoms with Gasteiger partial charge >= 0.3 is 5.69 Å². The molecule has 2 aliphatic rings. The Bertz CT molecular complexity index is 1620. The molecular weight excluding hydrogens is 450 g/mol. The van der Waals surface area contributed by atoms with Gasteiger partial charge in [-0.15, -0.1) is 6.42 Å². The number of rotatable bonds is 2. The number of H-pyrrole nitrogens is 1. The SMILES string of the molecule is C#Cc1c(F)ccc2cc(O)cc(-c3ncc4c(N5CCCC[C@H]6[C@H](F)[C@H]65)nc(=O)[nH]c4c3C)c12. The van der Waals surface area contributed by atoms with Crippen molar-refractivity contribution in [2.75, 3.05) is 11.4 Å². The normalized spacial score (nSPS) is 21.5. The first-order chi connectivity index (χ1) is 16.9. The number of anilines is 1. The number of hydrogen-bond donors (Lipinski definition) is 2. The van der Waals surface area contributed by atoms with E-state index in [4.69, 9.17) is 6.42 Å². The summed E-state index contributed by atoms with van der Waals surface area (Å²) in [4.78, 5) is 26.2. The Kier molecular flexibility index (Phi) is 4.78. The van der Waals surface area contributed by atoms with Gasteiger partial charge in [0.15, 0.2) is 0 Å². The number of phenols is 1. The van der Waals surface area contributed by atoms with Gasteiger partial charge in [0, 0.05) is 29.6 Å². The first-order valence-corrected chi connectivity index (χ1v) is 11.6. The number of aromatic amines is 1. The summed E-state index contributed by atoms with van der Waals surface area (Å²) >= 11 is 0. The minimum absolute atomic E-state index is 0.0226. The number of aryl methyl sites for hydroxylation is 1. The summed E-state index contributed by atoms with van der Waals surface area (Å²) in [6.07, 6.45) is 8.98. The van der Waals surface area contributed by atoms with Gasteiger partial charge in [0.2, 0.25) is 0 Å². The van der Waals surface area contributed by atoms with E-state index in [1.807, 2.05) is 4.90 Å². The maximum atomic E-state index is 14.6. The lowest BCUT2D eigenvalue weighted by Gasteiger charge is -2.24. The maximum Gasteiger partial charge on any atom is 0.347 e. The fourth-order valence-electron chi connectivity index (χ4n) is 5.58. The second kappa shape index (κ2) is 7.77. The molecule has 3 atom stereocenters. The smallest absolute Gasteiger partial charge is 0.347 e. The number of nitrogens with one attached hydrogen (secondary N) is 1. The molecule has 0 radical (unpaired) electrons. The maximum absolute atomic E-state index is 14.6. The van der Waals surface area contributed by atoms with Crippen molar-refractivity contribution in [3.63, 3.8) is 0 Å². The van der Waals surface area contributed by atoms with E-state index in [0.29, 0.717) is 50.9 Å². The lowest BCUT2D eigenvalue weighted by Crippen LogP contribution is -2.31. The van der Waals surface area contributed by atoms with E-state index < -0.39 is 17.7 Å². The second-order valence-corrected chi connectivity index (χ2v) is 9.33. The number of terminal acetylenes is 1. The Morgan fingerprint density at radius 3 is 2.91 bits per heavy atom. The van der Waals surface area contributed by atoms with Crippen LogP contribution in [0.3, 0.4) is 0 Å². The second-order valence-electron chi connectivity index (χ2n) is 9.33. The number of pyridine rings is 1. The first-order valence-electron chi connectivity index (χ1n) is 11.6. The first kappa shape index (κ1) is 21.5. The topological polar surface area (TPSA) is 82.1 Å². The highest BCUT2D eigenvalue weighted by atomic mass is 19.1. The summed E-state index contributed by atoms with van der Waals surface area (Å²) < 4.78 is 29.1. The van der Waals surface area contributed by atoms with Crippen molar-refractivity contribution < 1.29 is 13.9 Å². The molecule has 176 valence electrons. The molecular formula is C27H22F2N4O2. The molecule has 6 nitrogen and oxygen atoms in total. The largest absolute Gasteiger partial charge is 0.508 e. The predicted octanol–water partition coefficient (Wildman–Crippen LogP) is 4.60. The number of phenolic OH excluding ortho intramolecular Hbond substituents is 1. The Balaban J connectivity index is 1.60. The number of halogens is 2. The van der Waals surface area contributed by atoms with Crippen molar-refractivity contribution >= 4 is 27.5 Å². The van der Waals surface area contributed by atoms with Crippen LogP contribution in [-0.2, 0) is 0 Å². The summed E-state index contributed by atoms with van der Waals surface area (Å²) in [5.41, 5.74) is 1.55. The van der Waals surface area contributed by atoms with Gasteiger partial charge in [-0.3, -0.25) is 4.98 Å². The van der Waals surface area contributed by atoms with Crippen molar-refractivity contribution in [1.29, 1.82) is 0 Å². The van der Waals surface area contributed by atoms with Gasteiger partial charge in [0.05, 0.1) is 28.2 Å². The number of benzene rings is 2. The van der Waals surface area contributed by atoms with Gasteiger partial charge in [0.1, 0.15) is 23.6 Å². The van der Waals surface area contributed by atoms with Crippen LogP contribution in [0.4, 0.5) is 14.6 Å². The van der Waals surface area contributed by atoms with E-state index in [9.17, 15) is 18.7 Å². The third-order valence-corrected chi connectivity index (χ3v) is 7.31. The third kappa shape index (κ3) is 3.26. The van der Waals surface area contributed by atoms with Gasteiger partial charge < -0.3 is 15.0 Å². The molecule has 0 bridgehead atoms. The molecule has 1 aliphatic carbocycles. The van der Waals surface area contributed by atoms with Crippen LogP contribution in [0.15, 0.2) is 35.3 Å². The highest BCUT2D eigenvalue weighted by molar-refractivity contribution is 6.03. The van der Waals surface area contributed by atoms with E-state index in [1.165, 1.54) is 18.2 Å². The van der Waals surface area contributed by atoms with Crippen molar-refractivity contribution in [2.24, 2.45) is 5.92 Å². The molecule has 6 rings (SSSR count). The van der Waals surface area contributed by atoms with E-state index in [2.05, 4.69) is 20.9 Å². The monoisotopic (exact) mass is 472 g/mol. The van der Waals surface area contributed by atoms with E-state index >= 15 is 0 Å². The minimum atomic E-state index is -0.921. The van der Waals surface area contributed by atoms with Crippen LogP contribution in [0.2, 0.25) is 0 Å². The van der Waals surface area contributed by atoms with Crippen molar-refractivity contribution in [3.05, 3.63) is 57.9 Å². The molecule has 1 saturated carbocycles. The molecule has 0 spiro atoms. The van der Waals surface area contributed by atoms with Crippen LogP contribution in [-0.4, -0.2) is 38.8 Å². The van der Waals surface area contributed by atoms with Crippen LogP contribution in [0.5, 0.6) is 5.75 Å². The zero-order valence-corrected chi connectivity index (χ0v) is 19.0. The summed E-state index contributed by atoms with van der Waals surface area (Å²) in [6.45, 7) is 2.41. The standard InChI is InChI=1S/C27H22F2N4O2/c1-3-16-20(28)8-7-14-10-15(34)11-18(21(14)16)23-13(2)24-19(12-30-23)26(32-27(35)31-24)33-9-5-4-6-17-22(29)25(17)33/h1,7-8,10-12,17,22,25,34H,4-6,9H2,2H3,(H,31,32,35)/t17-,22-,25-/m0/s1. The van der Waals surface area contributed by atoms with Gasteiger partial charge in [0.25, 0.3) is 0 Å². The molecule has 1 aliphatic heterocycles. The molecule has 4 aromatic rings. The third-order valence-electron chi connectivity index (χ3n) is 7.31. The number of nitrogens with zero attached hydrogens (tertiary/aromatic N) is 3. The Morgan fingerprint density at radius 2 is 2.11 bits per heavy atom. The average molecular weight is 472 g/mol. The van der Waals surface area contributed by atoms with Crippen molar-refractivity contribution in [1.82, 2.24) is 15.0 Å². The number of aromatic hydroxyl groups is 1. The number of aromatic nitrogens is 3. The predicted molar refractivity (Wildman–Crippen MR) is 131 cm³/mol. The van der Waals surface area contributed by atoms with Crippen molar-refractivity contribution in [2.45, 2.75) is 38.4 Å². The molecule has 0 unspecified atom stereocenters. The molecule has 2 aromatic heterocycles. The van der Waals surface area contributed by atoms with Gasteiger partial charge in [-0.2, -0.15) is 4.98 Å². The Hall–Kier alpha value is -3.99. The number of fused-ring (bicyclic) bond motifs is 3. The van der Waals surface area contributed by atoms with E-state index in [-0.39, 0.29) is 23.3 Å². The molecule has 8 heteroatoms. The summed E-state index contributed by atoms with van der Waals surface area (Å²) in [5, 5.41) is 12.0. The number of alkyl halides is 1. The van der Waals surface area contributed by atoms with Crippen LogP contribution in [0.1, 0.15) is 30.4 Å². The van der Waals surface area contributed by atoms with Crippen LogP contribution in [0, 0.1) is 31.0 Å². The molecule has 0 amide bonds. The van der Waals surface area contributed by atoms with Gasteiger partial charge in [-0.05, 0) is 48.9 Å². The van der Waals surface area contributed by atoms with Crippen LogP contribution >= 0.6 is 0 Å². The molecule has 1 saturated heterocycles. The molecule has 35 heavy (non-hydrogen) atoms. The molecule has 2 fully saturated rings. The summed E-state index contributed by atoms with van der Waals surface area (Å²) in [6, 6.07) is 5.54. The van der Waals surface area contributed by atoms with Gasteiger partial charge in [-0.1, -0.05) is 18.4 Å². The Morgan fingerprint density at radius 1 is 1.29 bits per heavy atom. The zero-order chi connectivity index (χ0) is 24.4. The fourth-order valence-corrected chi connectivity index (χ4v) is 5.58. The van der Waals surface area contributed by atoms with Crippen LogP contribution < -0.4 is 10.6 Å². The summed E-state index contributed by atoms with van der Waals surface area (Å²) in [7, 11) is 0. The number of hydrogen-bond acceptors (Lipinski definition) is 5. The average Bonchev–Trinajstić information content (AvgIpc) is 3.53. The molecule has 2 N–H and O–H groups in total. The minimum Gasteiger partial charge on any atom is -0.508 e. The lowest BCUT2D eigenvalue weighted by molar-refractivity contribution is 0.420. The van der Waals surface area contributed by atoms with Crippen LogP contribution in [0.25, 0.3) is 32.9 Å². The van der Waals surface area contributed by atoms with Gasteiger partial charge in [-0.25, -0.2) is 13.6 Å². The molecule has 2 aromatic carbocycles. The Labute approximate surface area is 199 Å². The lowest BCUT2D eigenvalue weighted by atomic mass is 9.94.